The fraction of sp³-hybridized carbons (Fsp3) is 0.214. The number of pyridine rings is 1. The molecule has 5 heteroatoms. The second-order valence-electron chi connectivity index (χ2n) is 4.29. The van der Waals surface area contributed by atoms with Crippen molar-refractivity contribution in [2.75, 3.05) is 7.11 Å². The van der Waals surface area contributed by atoms with Crippen LogP contribution in [0, 0.1) is 12.7 Å². The first-order valence-electron chi connectivity index (χ1n) is 5.87. The molecule has 1 heterocycles. The number of ether oxygens (including phenoxy) is 1. The van der Waals surface area contributed by atoms with Crippen LogP contribution in [0.2, 0.25) is 0 Å². The maximum Gasteiger partial charge on any atom is 0.165 e. The summed E-state index contributed by atoms with van der Waals surface area (Å²) < 4.78 is 18.4. The SMILES string of the molecule is COc1cc(C(NN)c2cncc(C)c2)ccc1F. The lowest BCUT2D eigenvalue weighted by Gasteiger charge is -2.17. The van der Waals surface area contributed by atoms with Crippen molar-refractivity contribution in [2.45, 2.75) is 13.0 Å². The Kier molecular flexibility index (Phi) is 4.09. The first-order chi connectivity index (χ1) is 9.15. The van der Waals surface area contributed by atoms with Crippen LogP contribution < -0.4 is 16.0 Å². The average molecular weight is 261 g/mol. The van der Waals surface area contributed by atoms with Crippen molar-refractivity contribution < 1.29 is 9.13 Å². The van der Waals surface area contributed by atoms with Gasteiger partial charge in [-0.15, -0.1) is 0 Å². The van der Waals surface area contributed by atoms with E-state index in [2.05, 4.69) is 10.4 Å². The van der Waals surface area contributed by atoms with E-state index in [1.807, 2.05) is 13.0 Å². The molecule has 0 amide bonds. The smallest absolute Gasteiger partial charge is 0.165 e. The number of aromatic nitrogens is 1. The third-order valence-electron chi connectivity index (χ3n) is 2.90. The summed E-state index contributed by atoms with van der Waals surface area (Å²) in [5.41, 5.74) is 5.47. The average Bonchev–Trinajstić information content (AvgIpc) is 2.41. The zero-order valence-electron chi connectivity index (χ0n) is 10.9. The van der Waals surface area contributed by atoms with Crippen molar-refractivity contribution in [1.29, 1.82) is 0 Å². The molecule has 0 bridgehead atoms. The number of nitrogens with two attached hydrogens (primary N) is 1. The lowest BCUT2D eigenvalue weighted by atomic mass is 9.99. The number of benzene rings is 1. The molecule has 4 nitrogen and oxygen atoms in total. The summed E-state index contributed by atoms with van der Waals surface area (Å²) in [5, 5.41) is 0. The normalized spacial score (nSPS) is 12.2. The molecule has 1 unspecified atom stereocenters. The van der Waals surface area contributed by atoms with E-state index in [1.54, 1.807) is 24.5 Å². The summed E-state index contributed by atoms with van der Waals surface area (Å²) in [6.07, 6.45) is 3.50. The zero-order chi connectivity index (χ0) is 13.8. The molecule has 0 aliphatic rings. The molecule has 1 atom stereocenters. The van der Waals surface area contributed by atoms with Crippen LogP contribution >= 0.6 is 0 Å². The van der Waals surface area contributed by atoms with Crippen LogP contribution in [0.1, 0.15) is 22.7 Å². The van der Waals surface area contributed by atoms with Gasteiger partial charge in [0, 0.05) is 12.4 Å². The Morgan fingerprint density at radius 3 is 2.68 bits per heavy atom. The third kappa shape index (κ3) is 2.89. The maximum absolute atomic E-state index is 13.4. The number of hydrazine groups is 1. The van der Waals surface area contributed by atoms with E-state index in [0.717, 1.165) is 16.7 Å². The quantitative estimate of drug-likeness (QED) is 0.653. The van der Waals surface area contributed by atoms with Gasteiger partial charge in [-0.2, -0.15) is 0 Å². The maximum atomic E-state index is 13.4. The Hall–Kier alpha value is -1.98. The number of nitrogens with zero attached hydrogens (tertiary/aromatic N) is 1. The molecule has 0 radical (unpaired) electrons. The third-order valence-corrected chi connectivity index (χ3v) is 2.90. The molecule has 0 aliphatic heterocycles. The molecular formula is C14H16FN3O. The number of nitrogens with one attached hydrogen (secondary N) is 1. The minimum atomic E-state index is -0.399. The van der Waals surface area contributed by atoms with Crippen molar-refractivity contribution in [1.82, 2.24) is 10.4 Å². The van der Waals surface area contributed by atoms with Gasteiger partial charge < -0.3 is 4.74 Å². The molecule has 0 fully saturated rings. The van der Waals surface area contributed by atoms with Gasteiger partial charge in [-0.05, 0) is 35.7 Å². The number of halogens is 1. The minimum Gasteiger partial charge on any atom is -0.494 e. The highest BCUT2D eigenvalue weighted by Gasteiger charge is 2.15. The van der Waals surface area contributed by atoms with Gasteiger partial charge in [0.25, 0.3) is 0 Å². The molecule has 100 valence electrons. The van der Waals surface area contributed by atoms with E-state index in [9.17, 15) is 4.39 Å². The molecule has 3 N–H and O–H groups in total. The van der Waals surface area contributed by atoms with Crippen LogP contribution in [0.4, 0.5) is 4.39 Å². The summed E-state index contributed by atoms with van der Waals surface area (Å²) in [5.74, 6) is 5.40. The van der Waals surface area contributed by atoms with E-state index < -0.39 is 5.82 Å². The summed E-state index contributed by atoms with van der Waals surface area (Å²) in [4.78, 5) is 4.14. The van der Waals surface area contributed by atoms with Gasteiger partial charge in [-0.25, -0.2) is 9.82 Å². The number of methoxy groups -OCH3 is 1. The highest BCUT2D eigenvalue weighted by Crippen LogP contribution is 2.26. The number of aryl methyl sites for hydroxylation is 1. The number of hydrogen-bond acceptors (Lipinski definition) is 4. The van der Waals surface area contributed by atoms with Crippen molar-refractivity contribution in [3.8, 4) is 5.75 Å². The van der Waals surface area contributed by atoms with Gasteiger partial charge in [-0.1, -0.05) is 12.1 Å². The molecule has 0 spiro atoms. The van der Waals surface area contributed by atoms with E-state index in [-0.39, 0.29) is 11.8 Å². The number of rotatable bonds is 4. The minimum absolute atomic E-state index is 0.193. The Labute approximate surface area is 111 Å². The van der Waals surface area contributed by atoms with Gasteiger partial charge >= 0.3 is 0 Å². The zero-order valence-corrected chi connectivity index (χ0v) is 10.9. The summed E-state index contributed by atoms with van der Waals surface area (Å²) in [6, 6.07) is 6.38. The predicted molar refractivity (Wildman–Crippen MR) is 71.1 cm³/mol. The van der Waals surface area contributed by atoms with Gasteiger partial charge in [0.15, 0.2) is 11.6 Å². The molecule has 19 heavy (non-hydrogen) atoms. The summed E-state index contributed by atoms with van der Waals surface area (Å²) in [6.45, 7) is 1.95. The second kappa shape index (κ2) is 5.77. The van der Waals surface area contributed by atoms with E-state index >= 15 is 0 Å². The van der Waals surface area contributed by atoms with Crippen LogP contribution in [-0.4, -0.2) is 12.1 Å². The first kappa shape index (κ1) is 13.5. The van der Waals surface area contributed by atoms with Crippen LogP contribution in [0.25, 0.3) is 0 Å². The molecule has 0 aliphatic carbocycles. The summed E-state index contributed by atoms with van der Waals surface area (Å²) >= 11 is 0. The number of hydrogen-bond donors (Lipinski definition) is 2. The monoisotopic (exact) mass is 261 g/mol. The predicted octanol–water partition coefficient (Wildman–Crippen LogP) is 2.09. The van der Waals surface area contributed by atoms with Crippen molar-refractivity contribution in [3.05, 3.63) is 59.2 Å². The van der Waals surface area contributed by atoms with E-state index in [0.29, 0.717) is 0 Å². The van der Waals surface area contributed by atoms with Crippen molar-refractivity contribution >= 4 is 0 Å². The van der Waals surface area contributed by atoms with Gasteiger partial charge in [0.05, 0.1) is 13.2 Å². The largest absolute Gasteiger partial charge is 0.494 e. The fourth-order valence-electron chi connectivity index (χ4n) is 1.98. The van der Waals surface area contributed by atoms with E-state index in [1.165, 1.54) is 13.2 Å². The Morgan fingerprint density at radius 1 is 1.26 bits per heavy atom. The van der Waals surface area contributed by atoms with Crippen LogP contribution in [0.15, 0.2) is 36.7 Å². The lowest BCUT2D eigenvalue weighted by Crippen LogP contribution is -2.29. The molecule has 2 aromatic rings. The molecule has 1 aromatic heterocycles. The highest BCUT2D eigenvalue weighted by molar-refractivity contribution is 5.37. The second-order valence-corrected chi connectivity index (χ2v) is 4.29. The van der Waals surface area contributed by atoms with Crippen molar-refractivity contribution in [3.63, 3.8) is 0 Å². The Balaban J connectivity index is 2.42. The first-order valence-corrected chi connectivity index (χ1v) is 5.87. The van der Waals surface area contributed by atoms with Crippen molar-refractivity contribution in [2.24, 2.45) is 5.84 Å². The van der Waals surface area contributed by atoms with Gasteiger partial charge in [0.1, 0.15) is 0 Å². The molecule has 0 saturated heterocycles. The highest BCUT2D eigenvalue weighted by atomic mass is 19.1. The van der Waals surface area contributed by atoms with Gasteiger partial charge in [0.2, 0.25) is 0 Å². The summed E-state index contributed by atoms with van der Waals surface area (Å²) in [7, 11) is 1.43. The molecular weight excluding hydrogens is 245 g/mol. The van der Waals surface area contributed by atoms with Crippen LogP contribution in [-0.2, 0) is 0 Å². The van der Waals surface area contributed by atoms with Crippen LogP contribution in [0.5, 0.6) is 5.75 Å². The fourth-order valence-corrected chi connectivity index (χ4v) is 1.98. The van der Waals surface area contributed by atoms with Crippen LogP contribution in [0.3, 0.4) is 0 Å². The van der Waals surface area contributed by atoms with Gasteiger partial charge in [-0.3, -0.25) is 10.8 Å². The molecule has 0 saturated carbocycles. The molecule has 1 aromatic carbocycles. The standard InChI is InChI=1S/C14H16FN3O/c1-9-5-11(8-17-7-9)14(18-16)10-3-4-12(15)13(6-10)19-2/h3-8,14,18H,16H2,1-2H3. The van der Waals surface area contributed by atoms with E-state index in [4.69, 9.17) is 10.6 Å². The Morgan fingerprint density at radius 2 is 2.05 bits per heavy atom. The lowest BCUT2D eigenvalue weighted by molar-refractivity contribution is 0.385. The Bertz CT molecular complexity index is 574. The topological polar surface area (TPSA) is 60.2 Å². The molecule has 2 rings (SSSR count).